The van der Waals surface area contributed by atoms with Crippen LogP contribution in [-0.2, 0) is 27.0 Å². The smallest absolute Gasteiger partial charge is 0.386 e. The number of carbonyl (C=O) groups excluding carboxylic acids is 3. The number of fused-ring (bicyclic) bond motifs is 1. The molecule has 11 nitrogen and oxygen atoms in total. The quantitative estimate of drug-likeness (QED) is 0.109. The molecule has 1 unspecified atom stereocenters. The van der Waals surface area contributed by atoms with Crippen LogP contribution in [0.5, 0.6) is 0 Å². The number of aliphatic hydroxyl groups is 2. The van der Waals surface area contributed by atoms with Crippen LogP contribution in [0.2, 0.25) is 0 Å². The van der Waals surface area contributed by atoms with E-state index in [4.69, 9.17) is 5.10 Å². The lowest BCUT2D eigenvalue weighted by molar-refractivity contribution is -0.141. The summed E-state index contributed by atoms with van der Waals surface area (Å²) < 4.78 is 56.9. The SMILES string of the molecule is CC(C)(O)c1cc2nn(C3CCN(CCC4CCC(O)(c5ccc(C6CCC(=O)NC6=O)cc5F)CC4)CC3)cc2cc1NC(=O)c1cccc(C(F)(F)F)n1. The van der Waals surface area contributed by atoms with Crippen molar-refractivity contribution in [2.75, 3.05) is 25.0 Å². The van der Waals surface area contributed by atoms with E-state index in [1.165, 1.54) is 12.1 Å². The molecule has 3 amide bonds. The predicted molar refractivity (Wildman–Crippen MR) is 199 cm³/mol. The maximum atomic E-state index is 15.3. The summed E-state index contributed by atoms with van der Waals surface area (Å²) in [5.74, 6) is -2.30. The molecule has 4 aromatic rings. The van der Waals surface area contributed by atoms with Gasteiger partial charge in [-0.1, -0.05) is 18.2 Å². The van der Waals surface area contributed by atoms with E-state index in [-0.39, 0.29) is 29.6 Å². The largest absolute Gasteiger partial charge is 0.433 e. The maximum absolute atomic E-state index is 15.3. The van der Waals surface area contributed by atoms with Crippen LogP contribution < -0.4 is 10.6 Å². The van der Waals surface area contributed by atoms with Gasteiger partial charge in [-0.2, -0.15) is 18.3 Å². The molecule has 7 rings (SSSR count). The van der Waals surface area contributed by atoms with Gasteiger partial charge in [0.1, 0.15) is 17.2 Å². The number of amides is 3. The van der Waals surface area contributed by atoms with Crippen LogP contribution in [0.1, 0.15) is 116 Å². The lowest BCUT2D eigenvalue weighted by Crippen LogP contribution is -2.39. The Morgan fingerprint density at radius 1 is 1.02 bits per heavy atom. The van der Waals surface area contributed by atoms with Crippen molar-refractivity contribution in [3.05, 3.63) is 88.6 Å². The van der Waals surface area contributed by atoms with Gasteiger partial charge in [-0.05, 0) is 114 Å². The molecule has 15 heteroatoms. The summed E-state index contributed by atoms with van der Waals surface area (Å²) in [4.78, 5) is 42.7. The number of likely N-dealkylation sites (tertiary alicyclic amines) is 1. The molecular formula is C41H46F4N6O5. The molecule has 2 aromatic heterocycles. The van der Waals surface area contributed by atoms with Gasteiger partial charge < -0.3 is 20.4 Å². The molecular weight excluding hydrogens is 732 g/mol. The normalized spacial score (nSPS) is 23.0. The van der Waals surface area contributed by atoms with Crippen LogP contribution in [0.15, 0.2) is 54.7 Å². The number of imide groups is 1. The minimum absolute atomic E-state index is 0.123. The molecule has 4 N–H and O–H groups in total. The summed E-state index contributed by atoms with van der Waals surface area (Å²) in [7, 11) is 0. The Morgan fingerprint density at radius 3 is 2.41 bits per heavy atom. The molecule has 56 heavy (non-hydrogen) atoms. The Bertz CT molecular complexity index is 2130. The van der Waals surface area contributed by atoms with Gasteiger partial charge in [0.2, 0.25) is 11.8 Å². The van der Waals surface area contributed by atoms with Crippen molar-refractivity contribution in [1.82, 2.24) is 25.0 Å². The van der Waals surface area contributed by atoms with Crippen LogP contribution in [0.4, 0.5) is 23.2 Å². The summed E-state index contributed by atoms with van der Waals surface area (Å²) >= 11 is 0. The van der Waals surface area contributed by atoms with Gasteiger partial charge >= 0.3 is 6.18 Å². The Morgan fingerprint density at radius 2 is 1.75 bits per heavy atom. The zero-order chi connectivity index (χ0) is 40.0. The number of carbonyl (C=O) groups is 3. The third-order valence-corrected chi connectivity index (χ3v) is 11.7. The first-order chi connectivity index (χ1) is 26.5. The first-order valence-corrected chi connectivity index (χ1v) is 19.2. The van der Waals surface area contributed by atoms with Gasteiger partial charge in [0.25, 0.3) is 5.91 Å². The number of aromatic nitrogens is 3. The number of alkyl halides is 3. The molecule has 298 valence electrons. The minimum Gasteiger partial charge on any atom is -0.386 e. The molecule has 4 heterocycles. The van der Waals surface area contributed by atoms with Crippen molar-refractivity contribution < 1.29 is 42.2 Å². The van der Waals surface area contributed by atoms with Crippen molar-refractivity contribution in [2.45, 2.75) is 101 Å². The van der Waals surface area contributed by atoms with E-state index in [0.29, 0.717) is 47.2 Å². The maximum Gasteiger partial charge on any atom is 0.433 e. The number of hydrogen-bond donors (Lipinski definition) is 4. The second-order valence-corrected chi connectivity index (χ2v) is 16.1. The summed E-state index contributed by atoms with van der Waals surface area (Å²) in [5.41, 5.74) is -2.26. The summed E-state index contributed by atoms with van der Waals surface area (Å²) in [5, 5.41) is 32.9. The molecule has 3 fully saturated rings. The highest BCUT2D eigenvalue weighted by Crippen LogP contribution is 2.43. The van der Waals surface area contributed by atoms with Gasteiger partial charge in [0.15, 0.2) is 0 Å². The number of nitrogens with zero attached hydrogens (tertiary/aromatic N) is 4. The molecule has 1 saturated carbocycles. The highest BCUT2D eigenvalue weighted by molar-refractivity contribution is 6.04. The Kier molecular flexibility index (Phi) is 10.8. The molecule has 1 aliphatic carbocycles. The number of piperidine rings is 2. The third-order valence-electron chi connectivity index (χ3n) is 11.7. The highest BCUT2D eigenvalue weighted by Gasteiger charge is 2.38. The lowest BCUT2D eigenvalue weighted by Gasteiger charge is -2.38. The summed E-state index contributed by atoms with van der Waals surface area (Å²) in [6.07, 6.45) is 2.84. The van der Waals surface area contributed by atoms with Crippen LogP contribution >= 0.6 is 0 Å². The van der Waals surface area contributed by atoms with Gasteiger partial charge in [0.05, 0.1) is 28.7 Å². The number of benzene rings is 2. The van der Waals surface area contributed by atoms with Crippen molar-refractivity contribution in [3.63, 3.8) is 0 Å². The van der Waals surface area contributed by atoms with E-state index >= 15 is 4.39 Å². The van der Waals surface area contributed by atoms with Crippen molar-refractivity contribution in [3.8, 4) is 0 Å². The highest BCUT2D eigenvalue weighted by atomic mass is 19.4. The van der Waals surface area contributed by atoms with Gasteiger partial charge in [0, 0.05) is 47.9 Å². The molecule has 2 aromatic carbocycles. The van der Waals surface area contributed by atoms with Crippen LogP contribution in [0.25, 0.3) is 10.9 Å². The first-order valence-electron chi connectivity index (χ1n) is 19.2. The fourth-order valence-electron chi connectivity index (χ4n) is 8.42. The number of nitrogens with one attached hydrogen (secondary N) is 2. The average Bonchev–Trinajstić information content (AvgIpc) is 3.57. The fraction of sp³-hybridized carbons (Fsp3) is 0.488. The number of hydrogen-bond acceptors (Lipinski definition) is 8. The lowest BCUT2D eigenvalue weighted by atomic mass is 9.73. The van der Waals surface area contributed by atoms with Crippen molar-refractivity contribution in [2.24, 2.45) is 5.92 Å². The topological polar surface area (TPSA) is 150 Å². The first kappa shape index (κ1) is 39.5. The molecule has 3 aliphatic rings. The zero-order valence-corrected chi connectivity index (χ0v) is 31.3. The van der Waals surface area contributed by atoms with E-state index in [1.807, 2.05) is 10.9 Å². The van der Waals surface area contributed by atoms with E-state index < -0.39 is 52.3 Å². The van der Waals surface area contributed by atoms with Gasteiger partial charge in [-0.25, -0.2) is 9.37 Å². The van der Waals surface area contributed by atoms with Crippen molar-refractivity contribution in [1.29, 1.82) is 0 Å². The van der Waals surface area contributed by atoms with Crippen LogP contribution in [0.3, 0.4) is 0 Å². The number of pyridine rings is 1. The van der Waals surface area contributed by atoms with Crippen molar-refractivity contribution >= 4 is 34.3 Å². The molecule has 0 radical (unpaired) electrons. The standard InChI is InChI=1S/C41H46F4N6O5/c1-39(2,55)30-22-33-26(21-34(30)47-38(54)32-4-3-5-35(46-32)41(43,44)45)23-51(49-33)27-13-18-50(19-14-27)17-12-24-10-15-40(56,16-11-24)29-8-6-25(20-31(29)42)28-7-9-36(52)48-37(28)53/h3-6,8,20-24,27-28,55-56H,7,9-19H2,1-2H3,(H,47,54)(H,48,52,53). The van der Waals surface area contributed by atoms with Crippen LogP contribution in [-0.4, -0.2) is 67.2 Å². The Hall–Kier alpha value is -4.73. The van der Waals surface area contributed by atoms with E-state index in [9.17, 15) is 37.8 Å². The summed E-state index contributed by atoms with van der Waals surface area (Å²) in [6.45, 7) is 5.74. The Balaban J connectivity index is 0.927. The Labute approximate surface area is 321 Å². The van der Waals surface area contributed by atoms with E-state index in [1.54, 1.807) is 38.1 Å². The zero-order valence-electron chi connectivity index (χ0n) is 31.3. The second-order valence-electron chi connectivity index (χ2n) is 16.1. The molecule has 2 aliphatic heterocycles. The molecule has 0 spiro atoms. The van der Waals surface area contributed by atoms with Gasteiger partial charge in [-0.15, -0.1) is 0 Å². The minimum atomic E-state index is -4.70. The van der Waals surface area contributed by atoms with Crippen LogP contribution in [0, 0.1) is 11.7 Å². The third kappa shape index (κ3) is 8.49. The molecule has 0 bridgehead atoms. The fourth-order valence-corrected chi connectivity index (χ4v) is 8.42. The number of rotatable bonds is 9. The number of halogens is 4. The monoisotopic (exact) mass is 778 g/mol. The second kappa shape index (κ2) is 15.3. The average molecular weight is 779 g/mol. The van der Waals surface area contributed by atoms with E-state index in [2.05, 4.69) is 20.5 Å². The predicted octanol–water partition coefficient (Wildman–Crippen LogP) is 6.69. The number of anilines is 1. The molecule has 2 saturated heterocycles. The summed E-state index contributed by atoms with van der Waals surface area (Å²) in [6, 6.07) is 11.2. The van der Waals surface area contributed by atoms with E-state index in [0.717, 1.165) is 63.9 Å². The van der Waals surface area contributed by atoms with Gasteiger partial charge in [-0.3, -0.25) is 24.4 Å². The molecule has 1 atom stereocenters.